The zero-order chi connectivity index (χ0) is 14.1. The molecule has 0 aliphatic rings. The maximum absolute atomic E-state index is 10.9. The second-order valence-corrected chi connectivity index (χ2v) is 3.98. The van der Waals surface area contributed by atoms with Crippen LogP contribution in [0.25, 0.3) is 0 Å². The van der Waals surface area contributed by atoms with Gasteiger partial charge in [-0.1, -0.05) is 12.1 Å². The summed E-state index contributed by atoms with van der Waals surface area (Å²) in [5.41, 5.74) is 1.15. The number of benzene rings is 1. The number of carboxylic acid groups (broad SMARTS) is 1. The number of carboxylic acids is 1. The summed E-state index contributed by atoms with van der Waals surface area (Å²) in [4.78, 5) is 10.9. The molecule has 5 nitrogen and oxygen atoms in total. The van der Waals surface area contributed by atoms with Gasteiger partial charge in [-0.3, -0.25) is 0 Å². The number of carbonyl (C=O) groups is 1. The zero-order valence-corrected chi connectivity index (χ0v) is 11.3. The van der Waals surface area contributed by atoms with Crippen LogP contribution in [0.5, 0.6) is 5.75 Å². The van der Waals surface area contributed by atoms with Gasteiger partial charge in [0, 0.05) is 13.7 Å². The molecule has 1 aromatic rings. The third-order valence-corrected chi connectivity index (χ3v) is 2.56. The first-order chi connectivity index (χ1) is 9.17. The molecule has 0 saturated heterocycles. The first kappa shape index (κ1) is 15.5. The van der Waals surface area contributed by atoms with E-state index in [4.69, 9.17) is 19.3 Å². The molecule has 0 fully saturated rings. The number of rotatable bonds is 9. The molecule has 1 aromatic carbocycles. The highest BCUT2D eigenvalue weighted by Crippen LogP contribution is 2.13. The van der Waals surface area contributed by atoms with E-state index < -0.39 is 12.1 Å². The summed E-state index contributed by atoms with van der Waals surface area (Å²) in [7, 11) is 1.66. The van der Waals surface area contributed by atoms with Crippen molar-refractivity contribution >= 4 is 5.97 Å². The lowest BCUT2D eigenvalue weighted by atomic mass is 10.1. The fourth-order valence-electron chi connectivity index (χ4n) is 1.54. The van der Waals surface area contributed by atoms with Crippen molar-refractivity contribution in [3.05, 3.63) is 29.8 Å². The third kappa shape index (κ3) is 5.72. The van der Waals surface area contributed by atoms with Crippen molar-refractivity contribution in [3.63, 3.8) is 0 Å². The van der Waals surface area contributed by atoms with E-state index in [2.05, 4.69) is 0 Å². The SMILES string of the molecule is CCOC(COc1ccc(CCOC)cc1)C(=O)O. The summed E-state index contributed by atoms with van der Waals surface area (Å²) in [5.74, 6) is -0.384. The summed E-state index contributed by atoms with van der Waals surface area (Å²) >= 11 is 0. The molecule has 19 heavy (non-hydrogen) atoms. The molecule has 0 spiro atoms. The van der Waals surface area contributed by atoms with Gasteiger partial charge in [0.25, 0.3) is 0 Å². The van der Waals surface area contributed by atoms with E-state index >= 15 is 0 Å². The molecule has 0 saturated carbocycles. The molecule has 1 atom stereocenters. The van der Waals surface area contributed by atoms with E-state index in [0.717, 1.165) is 12.0 Å². The highest BCUT2D eigenvalue weighted by Gasteiger charge is 2.18. The van der Waals surface area contributed by atoms with Crippen molar-refractivity contribution < 1.29 is 24.1 Å². The van der Waals surface area contributed by atoms with Gasteiger partial charge in [-0.25, -0.2) is 4.79 Å². The topological polar surface area (TPSA) is 65.0 Å². The Morgan fingerprint density at radius 2 is 2.00 bits per heavy atom. The van der Waals surface area contributed by atoms with Gasteiger partial charge in [-0.15, -0.1) is 0 Å². The van der Waals surface area contributed by atoms with Gasteiger partial charge in [-0.05, 0) is 31.0 Å². The summed E-state index contributed by atoms with van der Waals surface area (Å²) in [6.45, 7) is 2.77. The van der Waals surface area contributed by atoms with E-state index in [-0.39, 0.29) is 6.61 Å². The van der Waals surface area contributed by atoms with E-state index in [1.165, 1.54) is 0 Å². The number of hydrogen-bond donors (Lipinski definition) is 1. The lowest BCUT2D eigenvalue weighted by Crippen LogP contribution is -2.30. The number of ether oxygens (including phenoxy) is 3. The van der Waals surface area contributed by atoms with Crippen molar-refractivity contribution in [1.82, 2.24) is 0 Å². The van der Waals surface area contributed by atoms with Gasteiger partial charge in [0.1, 0.15) is 12.4 Å². The molecule has 5 heteroatoms. The van der Waals surface area contributed by atoms with Crippen LogP contribution in [0.15, 0.2) is 24.3 Å². The van der Waals surface area contributed by atoms with Crippen LogP contribution < -0.4 is 4.74 Å². The van der Waals surface area contributed by atoms with Crippen molar-refractivity contribution in [2.75, 3.05) is 26.9 Å². The molecule has 1 rings (SSSR count). The van der Waals surface area contributed by atoms with Gasteiger partial charge in [0.2, 0.25) is 0 Å². The van der Waals surface area contributed by atoms with Gasteiger partial charge in [-0.2, -0.15) is 0 Å². The molecule has 0 bridgehead atoms. The standard InChI is InChI=1S/C14H20O5/c1-3-18-13(14(15)16)10-19-12-6-4-11(5-7-12)8-9-17-2/h4-7,13H,3,8-10H2,1-2H3,(H,15,16). The maximum Gasteiger partial charge on any atom is 0.336 e. The van der Waals surface area contributed by atoms with E-state index in [0.29, 0.717) is 19.0 Å². The van der Waals surface area contributed by atoms with Crippen LogP contribution in [-0.2, 0) is 20.7 Å². The van der Waals surface area contributed by atoms with Crippen LogP contribution in [0.3, 0.4) is 0 Å². The average Bonchev–Trinajstić information content (AvgIpc) is 2.42. The van der Waals surface area contributed by atoms with Crippen molar-refractivity contribution in [3.8, 4) is 5.75 Å². The Morgan fingerprint density at radius 3 is 2.53 bits per heavy atom. The van der Waals surface area contributed by atoms with Crippen LogP contribution in [-0.4, -0.2) is 44.1 Å². The molecule has 0 aliphatic heterocycles. The zero-order valence-electron chi connectivity index (χ0n) is 11.3. The van der Waals surface area contributed by atoms with Crippen molar-refractivity contribution in [1.29, 1.82) is 0 Å². The first-order valence-corrected chi connectivity index (χ1v) is 6.22. The van der Waals surface area contributed by atoms with Crippen LogP contribution >= 0.6 is 0 Å². The molecule has 0 aromatic heterocycles. The van der Waals surface area contributed by atoms with Gasteiger partial charge in [0.15, 0.2) is 6.10 Å². The fraction of sp³-hybridized carbons (Fsp3) is 0.500. The summed E-state index contributed by atoms with van der Waals surface area (Å²) in [5, 5.41) is 8.90. The lowest BCUT2D eigenvalue weighted by Gasteiger charge is -2.13. The monoisotopic (exact) mass is 268 g/mol. The van der Waals surface area contributed by atoms with Crippen molar-refractivity contribution in [2.24, 2.45) is 0 Å². The van der Waals surface area contributed by atoms with Gasteiger partial charge >= 0.3 is 5.97 Å². The second kappa shape index (κ2) is 8.50. The molecule has 0 aliphatic carbocycles. The molecular weight excluding hydrogens is 248 g/mol. The Morgan fingerprint density at radius 1 is 1.32 bits per heavy atom. The van der Waals surface area contributed by atoms with E-state index in [1.807, 2.05) is 24.3 Å². The lowest BCUT2D eigenvalue weighted by molar-refractivity contribution is -0.152. The number of aliphatic carboxylic acids is 1. The Labute approximate surface area is 113 Å². The largest absolute Gasteiger partial charge is 0.490 e. The molecule has 0 heterocycles. The predicted octanol–water partition coefficient (Wildman–Crippen LogP) is 1.74. The molecule has 0 radical (unpaired) electrons. The molecule has 1 unspecified atom stereocenters. The first-order valence-electron chi connectivity index (χ1n) is 6.22. The molecular formula is C14H20O5. The predicted molar refractivity (Wildman–Crippen MR) is 70.6 cm³/mol. The Balaban J connectivity index is 2.46. The van der Waals surface area contributed by atoms with Crippen LogP contribution in [0.1, 0.15) is 12.5 Å². The summed E-state index contributed by atoms with van der Waals surface area (Å²) in [6, 6.07) is 7.50. The molecule has 1 N–H and O–H groups in total. The maximum atomic E-state index is 10.9. The third-order valence-electron chi connectivity index (χ3n) is 2.56. The van der Waals surface area contributed by atoms with E-state index in [1.54, 1.807) is 14.0 Å². The van der Waals surface area contributed by atoms with Gasteiger partial charge in [0.05, 0.1) is 6.61 Å². The quantitative estimate of drug-likeness (QED) is 0.739. The Hall–Kier alpha value is -1.59. The normalized spacial score (nSPS) is 12.1. The Kier molecular flexibility index (Phi) is 6.92. The summed E-state index contributed by atoms with van der Waals surface area (Å²) < 4.78 is 15.5. The minimum absolute atomic E-state index is 0.000586. The smallest absolute Gasteiger partial charge is 0.336 e. The minimum atomic E-state index is -1.02. The van der Waals surface area contributed by atoms with Crippen LogP contribution in [0.4, 0.5) is 0 Å². The fourth-order valence-corrected chi connectivity index (χ4v) is 1.54. The number of hydrogen-bond acceptors (Lipinski definition) is 4. The summed E-state index contributed by atoms with van der Waals surface area (Å²) in [6.07, 6.45) is -0.0915. The van der Waals surface area contributed by atoms with Crippen LogP contribution in [0, 0.1) is 0 Å². The average molecular weight is 268 g/mol. The van der Waals surface area contributed by atoms with Gasteiger partial charge < -0.3 is 19.3 Å². The highest BCUT2D eigenvalue weighted by molar-refractivity contribution is 5.72. The van der Waals surface area contributed by atoms with Crippen molar-refractivity contribution in [2.45, 2.75) is 19.4 Å². The minimum Gasteiger partial charge on any atom is -0.490 e. The second-order valence-electron chi connectivity index (χ2n) is 3.98. The number of methoxy groups -OCH3 is 1. The molecule has 0 amide bonds. The Bertz CT molecular complexity index is 374. The van der Waals surface area contributed by atoms with Crippen LogP contribution in [0.2, 0.25) is 0 Å². The molecule has 106 valence electrons. The van der Waals surface area contributed by atoms with E-state index in [9.17, 15) is 4.79 Å². The highest BCUT2D eigenvalue weighted by atomic mass is 16.5.